The summed E-state index contributed by atoms with van der Waals surface area (Å²) in [4.78, 5) is 7.68. The van der Waals surface area contributed by atoms with Gasteiger partial charge in [-0.05, 0) is 30.0 Å². The monoisotopic (exact) mass is 306 g/mol. The molecule has 1 heterocycles. The smallest absolute Gasteiger partial charge is 0.191 e. The second-order valence-corrected chi connectivity index (χ2v) is 5.65. The summed E-state index contributed by atoms with van der Waals surface area (Å²) in [7, 11) is 1.79. The molecule has 3 rings (SSSR count). The van der Waals surface area contributed by atoms with Gasteiger partial charge in [0.2, 0.25) is 0 Å². The molecule has 0 bridgehead atoms. The van der Waals surface area contributed by atoms with Crippen molar-refractivity contribution in [3.05, 3.63) is 71.4 Å². The molecule has 0 saturated heterocycles. The minimum atomic E-state index is 0.711. The van der Waals surface area contributed by atoms with Crippen molar-refractivity contribution in [3.63, 3.8) is 0 Å². The molecule has 23 heavy (non-hydrogen) atoms. The highest BCUT2D eigenvalue weighted by molar-refractivity contribution is 5.81. The van der Waals surface area contributed by atoms with Crippen molar-refractivity contribution in [3.8, 4) is 0 Å². The fourth-order valence-electron chi connectivity index (χ4n) is 2.52. The molecule has 0 amide bonds. The minimum absolute atomic E-state index is 0.711. The molecule has 4 nitrogen and oxygen atoms in total. The summed E-state index contributed by atoms with van der Waals surface area (Å²) in [6.07, 6.45) is 0. The van der Waals surface area contributed by atoms with Gasteiger partial charge in [-0.25, -0.2) is 0 Å². The quantitative estimate of drug-likeness (QED) is 0.511. The van der Waals surface area contributed by atoms with Gasteiger partial charge in [0.25, 0.3) is 0 Å². The summed E-state index contributed by atoms with van der Waals surface area (Å²) >= 11 is 0. The molecule has 0 atom stereocenters. The SMILES string of the molecule is CN=C(NCc1ccc(C)cc1)NCc1cc2ccccc2[nH]1. The van der Waals surface area contributed by atoms with E-state index in [9.17, 15) is 0 Å². The van der Waals surface area contributed by atoms with Crippen LogP contribution in [-0.4, -0.2) is 18.0 Å². The Labute approximate surface area is 136 Å². The van der Waals surface area contributed by atoms with E-state index in [1.165, 1.54) is 16.5 Å². The molecular weight excluding hydrogens is 284 g/mol. The topological polar surface area (TPSA) is 52.2 Å². The Hall–Kier alpha value is -2.75. The van der Waals surface area contributed by atoms with Gasteiger partial charge in [0.15, 0.2) is 5.96 Å². The first-order valence-electron chi connectivity index (χ1n) is 7.81. The van der Waals surface area contributed by atoms with Crippen LogP contribution in [0.3, 0.4) is 0 Å². The van der Waals surface area contributed by atoms with Crippen LogP contribution < -0.4 is 10.6 Å². The summed E-state index contributed by atoms with van der Waals surface area (Å²) in [5.74, 6) is 0.796. The number of aromatic amines is 1. The van der Waals surface area contributed by atoms with Gasteiger partial charge in [0, 0.05) is 24.8 Å². The molecule has 0 fully saturated rings. The third-order valence-corrected chi connectivity index (χ3v) is 3.84. The molecule has 0 aliphatic carbocycles. The number of benzene rings is 2. The Bertz CT molecular complexity index is 767. The maximum Gasteiger partial charge on any atom is 0.191 e. The molecule has 4 heteroatoms. The Morgan fingerprint density at radius 3 is 2.48 bits per heavy atom. The Kier molecular flexibility index (Phi) is 4.62. The second-order valence-electron chi connectivity index (χ2n) is 5.65. The highest BCUT2D eigenvalue weighted by atomic mass is 15.2. The maximum atomic E-state index is 4.27. The third kappa shape index (κ3) is 3.92. The molecule has 0 aliphatic rings. The van der Waals surface area contributed by atoms with E-state index < -0.39 is 0 Å². The van der Waals surface area contributed by atoms with Crippen LogP contribution in [0.1, 0.15) is 16.8 Å². The van der Waals surface area contributed by atoms with E-state index in [-0.39, 0.29) is 0 Å². The van der Waals surface area contributed by atoms with Crippen molar-refractivity contribution in [2.75, 3.05) is 7.05 Å². The van der Waals surface area contributed by atoms with Crippen LogP contribution >= 0.6 is 0 Å². The van der Waals surface area contributed by atoms with Gasteiger partial charge in [0.05, 0.1) is 6.54 Å². The Morgan fingerprint density at radius 2 is 1.74 bits per heavy atom. The Morgan fingerprint density at radius 1 is 1.00 bits per heavy atom. The largest absolute Gasteiger partial charge is 0.357 e. The predicted molar refractivity (Wildman–Crippen MR) is 96.5 cm³/mol. The summed E-state index contributed by atoms with van der Waals surface area (Å²) < 4.78 is 0. The average molecular weight is 306 g/mol. The first kappa shape index (κ1) is 15.2. The van der Waals surface area contributed by atoms with Gasteiger partial charge in [-0.2, -0.15) is 0 Å². The number of H-pyrrole nitrogens is 1. The number of guanidine groups is 1. The number of nitrogens with zero attached hydrogens (tertiary/aromatic N) is 1. The zero-order valence-electron chi connectivity index (χ0n) is 13.6. The lowest BCUT2D eigenvalue weighted by atomic mass is 10.1. The van der Waals surface area contributed by atoms with E-state index >= 15 is 0 Å². The lowest BCUT2D eigenvalue weighted by Gasteiger charge is -2.11. The number of fused-ring (bicyclic) bond motifs is 1. The van der Waals surface area contributed by atoms with E-state index in [1.54, 1.807) is 7.05 Å². The van der Waals surface area contributed by atoms with Crippen molar-refractivity contribution in [2.24, 2.45) is 4.99 Å². The summed E-state index contributed by atoms with van der Waals surface area (Å²) in [5.41, 5.74) is 4.82. The molecule has 2 aromatic carbocycles. The van der Waals surface area contributed by atoms with Crippen LogP contribution in [-0.2, 0) is 13.1 Å². The normalized spacial score (nSPS) is 11.7. The molecule has 0 spiro atoms. The number of hydrogen-bond acceptors (Lipinski definition) is 1. The van der Waals surface area contributed by atoms with E-state index in [4.69, 9.17) is 0 Å². The maximum absolute atomic E-state index is 4.27. The molecule has 118 valence electrons. The zero-order chi connectivity index (χ0) is 16.1. The van der Waals surface area contributed by atoms with Crippen LogP contribution in [0.4, 0.5) is 0 Å². The van der Waals surface area contributed by atoms with E-state index in [0.717, 1.165) is 23.7 Å². The number of nitrogens with one attached hydrogen (secondary N) is 3. The van der Waals surface area contributed by atoms with Crippen LogP contribution in [0.15, 0.2) is 59.6 Å². The highest BCUT2D eigenvalue weighted by Gasteiger charge is 2.02. The molecule has 3 N–H and O–H groups in total. The minimum Gasteiger partial charge on any atom is -0.357 e. The van der Waals surface area contributed by atoms with Gasteiger partial charge in [-0.1, -0.05) is 48.0 Å². The molecule has 0 aliphatic heterocycles. The number of rotatable bonds is 4. The predicted octanol–water partition coefficient (Wildman–Crippen LogP) is 3.34. The summed E-state index contributed by atoms with van der Waals surface area (Å²) in [6.45, 7) is 3.56. The molecule has 1 aromatic heterocycles. The number of aliphatic imine (C=N–C) groups is 1. The van der Waals surface area contributed by atoms with Crippen molar-refractivity contribution in [1.82, 2.24) is 15.6 Å². The van der Waals surface area contributed by atoms with Gasteiger partial charge < -0.3 is 15.6 Å². The second kappa shape index (κ2) is 7.01. The van der Waals surface area contributed by atoms with Gasteiger partial charge in [-0.3, -0.25) is 4.99 Å². The van der Waals surface area contributed by atoms with Crippen LogP contribution in [0.5, 0.6) is 0 Å². The lowest BCUT2D eigenvalue weighted by Crippen LogP contribution is -2.36. The van der Waals surface area contributed by atoms with Gasteiger partial charge >= 0.3 is 0 Å². The van der Waals surface area contributed by atoms with E-state index in [2.05, 4.69) is 76.1 Å². The van der Waals surface area contributed by atoms with Crippen molar-refractivity contribution >= 4 is 16.9 Å². The molecule has 0 unspecified atom stereocenters. The molecule has 0 saturated carbocycles. The lowest BCUT2D eigenvalue weighted by molar-refractivity contribution is 0.799. The standard InChI is InChI=1S/C19H22N4/c1-14-7-9-15(10-8-14)12-21-19(20-2)22-13-17-11-16-5-3-4-6-18(16)23-17/h3-11,23H,12-13H2,1-2H3,(H2,20,21,22). The number of para-hydroxylation sites is 1. The fourth-order valence-corrected chi connectivity index (χ4v) is 2.52. The van der Waals surface area contributed by atoms with Crippen LogP contribution in [0.2, 0.25) is 0 Å². The zero-order valence-corrected chi connectivity index (χ0v) is 13.6. The number of aryl methyl sites for hydroxylation is 1. The summed E-state index contributed by atoms with van der Waals surface area (Å²) in [5, 5.41) is 7.90. The number of aromatic nitrogens is 1. The fraction of sp³-hybridized carbons (Fsp3) is 0.211. The number of hydrogen-bond donors (Lipinski definition) is 3. The van der Waals surface area contributed by atoms with Gasteiger partial charge in [0.1, 0.15) is 0 Å². The van der Waals surface area contributed by atoms with E-state index in [0.29, 0.717) is 6.54 Å². The molecular formula is C19H22N4. The third-order valence-electron chi connectivity index (χ3n) is 3.84. The van der Waals surface area contributed by atoms with Gasteiger partial charge in [-0.15, -0.1) is 0 Å². The van der Waals surface area contributed by atoms with Crippen molar-refractivity contribution in [1.29, 1.82) is 0 Å². The first-order valence-corrected chi connectivity index (χ1v) is 7.81. The van der Waals surface area contributed by atoms with Crippen molar-refractivity contribution in [2.45, 2.75) is 20.0 Å². The highest BCUT2D eigenvalue weighted by Crippen LogP contribution is 2.14. The van der Waals surface area contributed by atoms with E-state index in [1.807, 2.05) is 6.07 Å². The summed E-state index contributed by atoms with van der Waals surface area (Å²) in [6, 6.07) is 19.0. The average Bonchev–Trinajstić information content (AvgIpc) is 2.99. The molecule has 0 radical (unpaired) electrons. The van der Waals surface area contributed by atoms with Crippen molar-refractivity contribution < 1.29 is 0 Å². The first-order chi connectivity index (χ1) is 11.2. The van der Waals surface area contributed by atoms with Crippen LogP contribution in [0, 0.1) is 6.92 Å². The Balaban J connectivity index is 1.56. The molecule has 3 aromatic rings. The van der Waals surface area contributed by atoms with Crippen LogP contribution in [0.25, 0.3) is 10.9 Å².